The van der Waals surface area contributed by atoms with Crippen LogP contribution in [0.4, 0.5) is 0 Å². The number of carbonyl (C=O) groups excluding carboxylic acids is 2. The van der Waals surface area contributed by atoms with Gasteiger partial charge in [-0.15, -0.1) is 0 Å². The van der Waals surface area contributed by atoms with E-state index < -0.39 is 133 Å². The second-order valence-electron chi connectivity index (χ2n) is 11.0. The van der Waals surface area contributed by atoms with Gasteiger partial charge in [0, 0.05) is 6.42 Å². The van der Waals surface area contributed by atoms with Crippen molar-refractivity contribution in [3.8, 4) is 0 Å². The molecule has 3 aliphatic heterocycles. The lowest BCUT2D eigenvalue weighted by Crippen LogP contribution is -2.67. The van der Waals surface area contributed by atoms with E-state index in [0.717, 1.165) is 0 Å². The second-order valence-corrected chi connectivity index (χ2v) is 12.2. The van der Waals surface area contributed by atoms with Crippen molar-refractivity contribution in [2.75, 3.05) is 19.8 Å². The molecule has 0 aliphatic carbocycles. The van der Waals surface area contributed by atoms with Gasteiger partial charge in [0.1, 0.15) is 61.0 Å². The van der Waals surface area contributed by atoms with Gasteiger partial charge in [0.15, 0.2) is 12.6 Å². The van der Waals surface area contributed by atoms with E-state index in [9.17, 15) is 74.2 Å². The molecule has 3 heterocycles. The molecule has 0 radical (unpaired) electrons. The molecule has 0 saturated carbocycles. The van der Waals surface area contributed by atoms with E-state index in [1.807, 2.05) is 0 Å². The molecule has 268 valence electrons. The van der Waals surface area contributed by atoms with E-state index in [1.165, 1.54) is 0 Å². The van der Waals surface area contributed by atoms with E-state index in [-0.39, 0.29) is 6.42 Å². The van der Waals surface area contributed by atoms with Gasteiger partial charge in [0.2, 0.25) is 5.78 Å². The van der Waals surface area contributed by atoms with E-state index in [4.69, 9.17) is 18.9 Å². The minimum Gasteiger partial charge on any atom is -0.394 e. The molecule has 21 nitrogen and oxygen atoms in total. The quantitative estimate of drug-likeness (QED) is 0.0559. The summed E-state index contributed by atoms with van der Waals surface area (Å²) in [4.78, 5) is 25.0. The summed E-state index contributed by atoms with van der Waals surface area (Å²) in [6.45, 7) is -0.978. The molecule has 0 aromatic rings. The zero-order valence-corrected chi connectivity index (χ0v) is 25.1. The summed E-state index contributed by atoms with van der Waals surface area (Å²) < 4.78 is 53.1. The Bertz CT molecular complexity index is 1150. The molecule has 0 amide bonds. The maximum absolute atomic E-state index is 12.7. The first-order valence-electron chi connectivity index (χ1n) is 14.1. The Balaban J connectivity index is 1.68. The van der Waals surface area contributed by atoms with Gasteiger partial charge in [-0.2, -0.15) is 12.6 Å². The molecule has 22 heteroatoms. The van der Waals surface area contributed by atoms with Crippen molar-refractivity contribution in [1.29, 1.82) is 0 Å². The maximum Gasteiger partial charge on any atom is 0.406 e. The molecule has 0 bridgehead atoms. The standard InChI is InChI=1S/C24H40O21S/c1-2-3-4-5-9(26)19(34)23(36)24(37,45-46(38,39)44-23)20(35)10(27)7-40-21-18(33)16(31)14(29)12(43-21)8-41-22-17(32)15(30)13(28)11(6-25)42-22/h10-18,20-22,25,27-33,35-37H,2-8H2,1H3/t10-,11-,12-,13-,14-,15+,16+,17-,18-,20-,21+,22+,23-,24+/m1/s1. The van der Waals surface area contributed by atoms with Crippen LogP contribution in [0.2, 0.25) is 0 Å². The predicted octanol–water partition coefficient (Wildman–Crippen LogP) is -7.26. The molecular formula is C24H40O21S. The van der Waals surface area contributed by atoms with E-state index >= 15 is 0 Å². The number of Topliss-reactive ketones (excluding diaryl/α,β-unsaturated/α-hetero) is 2. The fraction of sp³-hybridized carbons (Fsp3) is 0.917. The highest BCUT2D eigenvalue weighted by molar-refractivity contribution is 7.82. The predicted molar refractivity (Wildman–Crippen MR) is 140 cm³/mol. The lowest BCUT2D eigenvalue weighted by atomic mass is 9.90. The zero-order valence-electron chi connectivity index (χ0n) is 24.3. The minimum absolute atomic E-state index is 0.140. The molecule has 0 unspecified atom stereocenters. The Morgan fingerprint density at radius 1 is 0.804 bits per heavy atom. The van der Waals surface area contributed by atoms with Gasteiger partial charge in [-0.1, -0.05) is 19.8 Å². The van der Waals surface area contributed by atoms with Gasteiger partial charge < -0.3 is 75.1 Å². The molecule has 0 aromatic heterocycles. The van der Waals surface area contributed by atoms with E-state index in [2.05, 4.69) is 8.37 Å². The first kappa shape index (κ1) is 39.1. The molecule has 3 saturated heterocycles. The number of ether oxygens (including phenoxy) is 4. The molecule has 11 N–H and O–H groups in total. The Morgan fingerprint density at radius 2 is 1.35 bits per heavy atom. The summed E-state index contributed by atoms with van der Waals surface area (Å²) in [6, 6.07) is 0. The Labute approximate surface area is 261 Å². The first-order chi connectivity index (χ1) is 21.3. The fourth-order valence-electron chi connectivity index (χ4n) is 4.86. The van der Waals surface area contributed by atoms with Crippen LogP contribution in [-0.2, 0) is 47.3 Å². The minimum atomic E-state index is -5.44. The number of hydrogen-bond donors (Lipinski definition) is 11. The van der Waals surface area contributed by atoms with Crippen molar-refractivity contribution >= 4 is 22.0 Å². The third-order valence-electron chi connectivity index (χ3n) is 7.64. The Hall–Kier alpha value is -1.39. The Kier molecular flexibility index (Phi) is 13.1. The third-order valence-corrected chi connectivity index (χ3v) is 8.55. The summed E-state index contributed by atoms with van der Waals surface area (Å²) >= 11 is 0. The number of hydrogen-bond acceptors (Lipinski definition) is 21. The number of ketones is 2. The van der Waals surface area contributed by atoms with Crippen LogP contribution in [0.25, 0.3) is 0 Å². The Morgan fingerprint density at radius 3 is 1.91 bits per heavy atom. The zero-order chi connectivity index (χ0) is 34.8. The SMILES string of the molecule is CCCCCC(=O)C(=O)[C@@]1(O)OS(=O)(=O)O[C@@]1(O)[C@H](O)[C@H](O)CO[C@H]1O[C@H](CO[C@H]2O[C@H](CO)[C@@H](O)[C@H](O)[C@H]2O)[C@@H](O)[C@H](O)[C@H]1O. The van der Waals surface area contributed by atoms with Gasteiger partial charge >= 0.3 is 16.2 Å². The topological polar surface area (TPSA) is 346 Å². The monoisotopic (exact) mass is 696 g/mol. The highest BCUT2D eigenvalue weighted by atomic mass is 32.3. The number of rotatable bonds is 15. The molecule has 14 atom stereocenters. The van der Waals surface area contributed by atoms with Crippen LogP contribution in [0.3, 0.4) is 0 Å². The highest BCUT2D eigenvalue weighted by Gasteiger charge is 2.73. The second kappa shape index (κ2) is 15.4. The molecule has 46 heavy (non-hydrogen) atoms. The van der Waals surface area contributed by atoms with Crippen LogP contribution in [0.5, 0.6) is 0 Å². The summed E-state index contributed by atoms with van der Waals surface area (Å²) in [5.74, 6) is -11.4. The number of unbranched alkanes of at least 4 members (excludes halogenated alkanes) is 2. The van der Waals surface area contributed by atoms with Crippen molar-refractivity contribution in [3.63, 3.8) is 0 Å². The molecule has 3 rings (SSSR count). The smallest absolute Gasteiger partial charge is 0.394 e. The third kappa shape index (κ3) is 7.90. The average molecular weight is 697 g/mol. The maximum atomic E-state index is 12.7. The molecule has 3 fully saturated rings. The number of carbonyl (C=O) groups is 2. The number of aliphatic hydroxyl groups excluding tert-OH is 9. The summed E-state index contributed by atoms with van der Waals surface area (Å²) in [6.07, 6.45) is -22.6. The van der Waals surface area contributed by atoms with Crippen molar-refractivity contribution in [2.24, 2.45) is 0 Å². The van der Waals surface area contributed by atoms with Gasteiger partial charge in [0.05, 0.1) is 19.8 Å². The summed E-state index contributed by atoms with van der Waals surface area (Å²) in [5.41, 5.74) is 0. The first-order valence-corrected chi connectivity index (χ1v) is 15.5. The van der Waals surface area contributed by atoms with Gasteiger partial charge in [0.25, 0.3) is 11.6 Å². The van der Waals surface area contributed by atoms with Crippen LogP contribution in [0, 0.1) is 0 Å². The normalized spacial score (nSPS) is 42.4. The van der Waals surface area contributed by atoms with Crippen LogP contribution in [0.1, 0.15) is 32.6 Å². The van der Waals surface area contributed by atoms with Crippen LogP contribution in [-0.4, -0.2) is 181 Å². The van der Waals surface area contributed by atoms with Crippen molar-refractivity contribution in [2.45, 2.75) is 118 Å². The van der Waals surface area contributed by atoms with Gasteiger partial charge in [-0.3, -0.25) is 9.59 Å². The lowest BCUT2D eigenvalue weighted by molar-refractivity contribution is -0.340. The van der Waals surface area contributed by atoms with Crippen molar-refractivity contribution < 1.29 is 101 Å². The number of aliphatic hydroxyl groups is 11. The summed E-state index contributed by atoms with van der Waals surface area (Å²) in [7, 11) is -5.44. The van der Waals surface area contributed by atoms with Crippen LogP contribution >= 0.6 is 0 Å². The largest absolute Gasteiger partial charge is 0.406 e. The van der Waals surface area contributed by atoms with Crippen LogP contribution in [0.15, 0.2) is 0 Å². The van der Waals surface area contributed by atoms with Gasteiger partial charge in [-0.25, -0.2) is 4.18 Å². The summed E-state index contributed by atoms with van der Waals surface area (Å²) in [5, 5.41) is 113. The average Bonchev–Trinajstić information content (AvgIpc) is 3.21. The molecule has 0 spiro atoms. The lowest BCUT2D eigenvalue weighted by Gasteiger charge is -2.43. The van der Waals surface area contributed by atoms with Crippen molar-refractivity contribution in [1.82, 2.24) is 0 Å². The van der Waals surface area contributed by atoms with E-state index in [1.54, 1.807) is 6.92 Å². The van der Waals surface area contributed by atoms with E-state index in [0.29, 0.717) is 12.8 Å². The van der Waals surface area contributed by atoms with Gasteiger partial charge in [-0.05, 0) is 6.42 Å². The van der Waals surface area contributed by atoms with Crippen LogP contribution < -0.4 is 0 Å². The highest BCUT2D eigenvalue weighted by Crippen LogP contribution is 2.41. The molecular weight excluding hydrogens is 656 g/mol. The fourth-order valence-corrected chi connectivity index (χ4v) is 5.90. The van der Waals surface area contributed by atoms with Crippen molar-refractivity contribution in [3.05, 3.63) is 0 Å². The molecule has 3 aliphatic rings. The molecule has 0 aromatic carbocycles.